The highest BCUT2D eigenvalue weighted by atomic mass is 16.7. The van der Waals surface area contributed by atoms with Crippen LogP contribution in [0.2, 0.25) is 0 Å². The zero-order valence-electron chi connectivity index (χ0n) is 16.5. The van der Waals surface area contributed by atoms with Crippen molar-refractivity contribution < 1.29 is 28.5 Å². The molecule has 154 valence electrons. The van der Waals surface area contributed by atoms with E-state index in [1.54, 1.807) is 0 Å². The molecular weight excluding hydrogens is 372 g/mol. The van der Waals surface area contributed by atoms with Crippen LogP contribution in [0.3, 0.4) is 0 Å². The molecule has 1 saturated carbocycles. The second-order valence-electron chi connectivity index (χ2n) is 8.54. The monoisotopic (exact) mass is 398 g/mol. The number of carbonyl (C=O) groups excluding carboxylic acids is 2. The molecule has 0 bridgehead atoms. The SMILES string of the molecule is C[C@H]1OC(=O)C2C=C3CC4(CCC3C(C(=O)OCc3ccccc3)C21)OCCO4. The molecule has 2 aliphatic carbocycles. The Hall–Kier alpha value is -2.18. The highest BCUT2D eigenvalue weighted by Crippen LogP contribution is 2.53. The highest BCUT2D eigenvalue weighted by molar-refractivity contribution is 5.82. The zero-order chi connectivity index (χ0) is 20.0. The maximum absolute atomic E-state index is 13.3. The van der Waals surface area contributed by atoms with Crippen LogP contribution in [0.15, 0.2) is 42.0 Å². The number of esters is 2. The smallest absolute Gasteiger partial charge is 0.313 e. The van der Waals surface area contributed by atoms with Crippen molar-refractivity contribution in [2.45, 2.75) is 44.7 Å². The van der Waals surface area contributed by atoms with E-state index in [4.69, 9.17) is 18.9 Å². The molecule has 1 aromatic carbocycles. The molecular formula is C23H26O6. The molecule has 3 fully saturated rings. The van der Waals surface area contributed by atoms with E-state index in [0.717, 1.165) is 24.0 Å². The van der Waals surface area contributed by atoms with Gasteiger partial charge in [0.05, 0.1) is 25.0 Å². The molecule has 4 unspecified atom stereocenters. The highest BCUT2D eigenvalue weighted by Gasteiger charge is 2.57. The summed E-state index contributed by atoms with van der Waals surface area (Å²) >= 11 is 0. The lowest BCUT2D eigenvalue weighted by atomic mass is 9.61. The summed E-state index contributed by atoms with van der Waals surface area (Å²) in [7, 11) is 0. The van der Waals surface area contributed by atoms with Gasteiger partial charge in [-0.15, -0.1) is 0 Å². The summed E-state index contributed by atoms with van der Waals surface area (Å²) in [4.78, 5) is 25.7. The quantitative estimate of drug-likeness (QED) is 0.576. The number of ether oxygens (including phenoxy) is 4. The van der Waals surface area contributed by atoms with Crippen LogP contribution in [0.1, 0.15) is 31.7 Å². The average molecular weight is 398 g/mol. The zero-order valence-corrected chi connectivity index (χ0v) is 16.5. The number of carbonyl (C=O) groups is 2. The molecule has 1 spiro atoms. The first-order valence-electron chi connectivity index (χ1n) is 10.5. The van der Waals surface area contributed by atoms with Gasteiger partial charge in [0.2, 0.25) is 0 Å². The average Bonchev–Trinajstić information content (AvgIpc) is 3.29. The Labute approximate surface area is 170 Å². The van der Waals surface area contributed by atoms with Gasteiger partial charge < -0.3 is 18.9 Å². The van der Waals surface area contributed by atoms with Crippen molar-refractivity contribution in [3.8, 4) is 0 Å². The number of hydrogen-bond acceptors (Lipinski definition) is 6. The first kappa shape index (κ1) is 18.8. The molecule has 2 heterocycles. The number of hydrogen-bond donors (Lipinski definition) is 0. The fourth-order valence-corrected chi connectivity index (χ4v) is 5.56. The van der Waals surface area contributed by atoms with Gasteiger partial charge >= 0.3 is 11.9 Å². The fraction of sp³-hybridized carbons (Fsp3) is 0.565. The molecule has 2 aliphatic heterocycles. The summed E-state index contributed by atoms with van der Waals surface area (Å²) < 4.78 is 23.0. The van der Waals surface area contributed by atoms with Gasteiger partial charge in [-0.05, 0) is 24.8 Å². The van der Waals surface area contributed by atoms with Crippen LogP contribution in [0.5, 0.6) is 0 Å². The molecule has 0 amide bonds. The van der Waals surface area contributed by atoms with Crippen molar-refractivity contribution in [2.75, 3.05) is 13.2 Å². The van der Waals surface area contributed by atoms with Gasteiger partial charge in [-0.3, -0.25) is 9.59 Å². The molecule has 5 atom stereocenters. The largest absolute Gasteiger partial charge is 0.462 e. The molecule has 2 saturated heterocycles. The van der Waals surface area contributed by atoms with Crippen LogP contribution < -0.4 is 0 Å². The number of rotatable bonds is 3. The van der Waals surface area contributed by atoms with Crippen molar-refractivity contribution >= 4 is 11.9 Å². The summed E-state index contributed by atoms with van der Waals surface area (Å²) in [6.07, 6.45) is 3.85. The lowest BCUT2D eigenvalue weighted by Gasteiger charge is -2.44. The van der Waals surface area contributed by atoms with E-state index in [1.165, 1.54) is 0 Å². The molecule has 0 aromatic heterocycles. The second-order valence-corrected chi connectivity index (χ2v) is 8.54. The summed E-state index contributed by atoms with van der Waals surface area (Å²) in [6, 6.07) is 9.66. The van der Waals surface area contributed by atoms with Gasteiger partial charge in [-0.25, -0.2) is 0 Å². The van der Waals surface area contributed by atoms with Gasteiger partial charge in [0.25, 0.3) is 0 Å². The van der Waals surface area contributed by atoms with E-state index >= 15 is 0 Å². The van der Waals surface area contributed by atoms with Gasteiger partial charge in [0.15, 0.2) is 5.79 Å². The van der Waals surface area contributed by atoms with Crippen molar-refractivity contribution in [3.05, 3.63) is 47.5 Å². The summed E-state index contributed by atoms with van der Waals surface area (Å²) in [5.41, 5.74) is 2.03. The predicted molar refractivity (Wildman–Crippen MR) is 102 cm³/mol. The van der Waals surface area contributed by atoms with E-state index < -0.39 is 11.7 Å². The van der Waals surface area contributed by atoms with Crippen LogP contribution in [0.25, 0.3) is 0 Å². The fourth-order valence-electron chi connectivity index (χ4n) is 5.56. The van der Waals surface area contributed by atoms with Crippen LogP contribution >= 0.6 is 0 Å². The normalized spacial score (nSPS) is 34.9. The lowest BCUT2D eigenvalue weighted by Crippen LogP contribution is -2.47. The molecule has 6 heteroatoms. The molecule has 1 aromatic rings. The second kappa shape index (κ2) is 7.26. The first-order valence-corrected chi connectivity index (χ1v) is 10.5. The van der Waals surface area contributed by atoms with Crippen molar-refractivity contribution in [1.82, 2.24) is 0 Å². The first-order chi connectivity index (χ1) is 14.1. The van der Waals surface area contributed by atoms with Gasteiger partial charge in [0, 0.05) is 18.8 Å². The van der Waals surface area contributed by atoms with E-state index in [9.17, 15) is 9.59 Å². The van der Waals surface area contributed by atoms with Crippen LogP contribution in [0.4, 0.5) is 0 Å². The minimum absolute atomic E-state index is 0.0369. The lowest BCUT2D eigenvalue weighted by molar-refractivity contribution is -0.179. The standard InChI is InChI=1S/C23H26O6/c1-14-19-18(21(24)29-14)11-16-12-23(27-9-10-28-23)8-7-17(16)20(19)22(25)26-13-15-5-3-2-4-6-15/h2-6,11,14,17-20H,7-10,12-13H2,1H3/t14-,17?,18?,19?,20?/m1/s1. The number of fused-ring (bicyclic) bond motifs is 2. The van der Waals surface area contributed by atoms with Crippen molar-refractivity contribution in [3.63, 3.8) is 0 Å². The van der Waals surface area contributed by atoms with Crippen molar-refractivity contribution in [2.24, 2.45) is 23.7 Å². The molecule has 0 N–H and O–H groups in total. The minimum Gasteiger partial charge on any atom is -0.462 e. The van der Waals surface area contributed by atoms with Crippen LogP contribution in [0, 0.1) is 23.7 Å². The summed E-state index contributed by atoms with van der Waals surface area (Å²) in [6.45, 7) is 3.29. The van der Waals surface area contributed by atoms with Gasteiger partial charge in [0.1, 0.15) is 12.7 Å². The van der Waals surface area contributed by atoms with Gasteiger partial charge in [-0.1, -0.05) is 42.0 Å². The Bertz CT molecular complexity index is 825. The molecule has 4 aliphatic rings. The topological polar surface area (TPSA) is 71.1 Å². The number of benzene rings is 1. The third kappa shape index (κ3) is 3.28. The summed E-state index contributed by atoms with van der Waals surface area (Å²) in [5, 5.41) is 0. The third-order valence-electron chi connectivity index (χ3n) is 6.87. The van der Waals surface area contributed by atoms with Crippen LogP contribution in [-0.2, 0) is 35.1 Å². The van der Waals surface area contributed by atoms with Crippen LogP contribution in [-0.4, -0.2) is 37.0 Å². The number of cyclic esters (lactones) is 1. The Kier molecular flexibility index (Phi) is 4.71. The van der Waals surface area contributed by atoms with E-state index in [1.807, 2.05) is 43.3 Å². The van der Waals surface area contributed by atoms with E-state index in [2.05, 4.69) is 0 Å². The Morgan fingerprint density at radius 2 is 1.97 bits per heavy atom. The molecule has 5 rings (SSSR count). The van der Waals surface area contributed by atoms with Gasteiger partial charge in [-0.2, -0.15) is 0 Å². The maximum Gasteiger partial charge on any atom is 0.313 e. The summed E-state index contributed by atoms with van der Waals surface area (Å²) in [5.74, 6) is -2.02. The third-order valence-corrected chi connectivity index (χ3v) is 6.87. The molecule has 29 heavy (non-hydrogen) atoms. The maximum atomic E-state index is 13.3. The van der Waals surface area contributed by atoms with E-state index in [0.29, 0.717) is 19.6 Å². The van der Waals surface area contributed by atoms with Crippen molar-refractivity contribution in [1.29, 1.82) is 0 Å². The van der Waals surface area contributed by atoms with E-state index in [-0.39, 0.29) is 42.4 Å². The Morgan fingerprint density at radius 3 is 2.72 bits per heavy atom. The molecule has 0 radical (unpaired) electrons. The molecule has 6 nitrogen and oxygen atoms in total. The Balaban J connectivity index is 1.41. The predicted octanol–water partition coefficient (Wildman–Crippen LogP) is 3.01. The Morgan fingerprint density at radius 1 is 1.21 bits per heavy atom. The minimum atomic E-state index is -0.595.